The molecule has 0 aliphatic rings. The van der Waals surface area contributed by atoms with Crippen molar-refractivity contribution in [2.75, 3.05) is 5.32 Å². The second-order valence-corrected chi connectivity index (χ2v) is 7.14. The molecule has 4 aromatic rings. The van der Waals surface area contributed by atoms with Gasteiger partial charge in [-0.05, 0) is 38.0 Å². The van der Waals surface area contributed by atoms with E-state index in [9.17, 15) is 18.0 Å². The Labute approximate surface area is 179 Å². The van der Waals surface area contributed by atoms with Crippen molar-refractivity contribution in [3.05, 3.63) is 52.9 Å². The average molecular weight is 445 g/mol. The second kappa shape index (κ2) is 8.02. The maximum atomic E-state index is 12.9. The van der Waals surface area contributed by atoms with Crippen LogP contribution in [0, 0.1) is 20.8 Å². The monoisotopic (exact) mass is 445 g/mol. The summed E-state index contributed by atoms with van der Waals surface area (Å²) < 4.78 is 44.9. The molecule has 12 heteroatoms. The zero-order valence-electron chi connectivity index (χ0n) is 17.4. The molecule has 1 N–H and O–H groups in total. The van der Waals surface area contributed by atoms with Gasteiger partial charge in [0.25, 0.3) is 11.6 Å². The van der Waals surface area contributed by atoms with Crippen LogP contribution in [0.25, 0.3) is 17.2 Å². The number of nitrogens with zero attached hydrogens (tertiary/aromatic N) is 6. The quantitative estimate of drug-likeness (QED) is 0.499. The van der Waals surface area contributed by atoms with E-state index in [-0.39, 0.29) is 24.5 Å². The highest BCUT2D eigenvalue weighted by molar-refractivity contribution is 5.94. The van der Waals surface area contributed by atoms with E-state index in [2.05, 4.69) is 30.5 Å². The van der Waals surface area contributed by atoms with Crippen LogP contribution in [0.3, 0.4) is 0 Å². The van der Waals surface area contributed by atoms with E-state index in [1.54, 1.807) is 45.0 Å². The SMILES string of the molecule is Cc1nc(-c2ccccc2NC(=O)CCc2c(C)nc3nc(C(F)(F)F)nn3c2C)no1. The van der Waals surface area contributed by atoms with Crippen LogP contribution in [-0.2, 0) is 17.4 Å². The summed E-state index contributed by atoms with van der Waals surface area (Å²) in [5, 5.41) is 10.2. The molecule has 0 saturated carbocycles. The van der Waals surface area contributed by atoms with Crippen LogP contribution in [0.1, 0.15) is 35.1 Å². The Morgan fingerprint density at radius 3 is 2.56 bits per heavy atom. The maximum absolute atomic E-state index is 12.9. The molecule has 0 atom stereocenters. The molecule has 1 amide bonds. The van der Waals surface area contributed by atoms with E-state index in [4.69, 9.17) is 4.52 Å². The van der Waals surface area contributed by atoms with Crippen LogP contribution in [-0.4, -0.2) is 35.6 Å². The lowest BCUT2D eigenvalue weighted by atomic mass is 10.1. The Hall–Kier alpha value is -3.83. The van der Waals surface area contributed by atoms with Crippen LogP contribution in [0.2, 0.25) is 0 Å². The molecule has 0 spiro atoms. The normalized spacial score (nSPS) is 11.8. The maximum Gasteiger partial charge on any atom is 0.453 e. The van der Waals surface area contributed by atoms with Gasteiger partial charge in [-0.3, -0.25) is 4.79 Å². The summed E-state index contributed by atoms with van der Waals surface area (Å²) in [6.45, 7) is 4.95. The van der Waals surface area contributed by atoms with Gasteiger partial charge in [0.05, 0.1) is 5.69 Å². The highest BCUT2D eigenvalue weighted by atomic mass is 19.4. The largest absolute Gasteiger partial charge is 0.453 e. The number of aromatic nitrogens is 6. The molecule has 3 heterocycles. The Kier molecular flexibility index (Phi) is 5.36. The summed E-state index contributed by atoms with van der Waals surface area (Å²) in [7, 11) is 0. The predicted octanol–water partition coefficient (Wildman–Crippen LogP) is 3.69. The van der Waals surface area contributed by atoms with E-state index in [1.807, 2.05) is 0 Å². The van der Waals surface area contributed by atoms with Crippen LogP contribution in [0.5, 0.6) is 0 Å². The van der Waals surface area contributed by atoms with E-state index in [0.29, 0.717) is 39.9 Å². The number of fused-ring (bicyclic) bond motifs is 1. The van der Waals surface area contributed by atoms with Gasteiger partial charge in [0, 0.05) is 30.3 Å². The molecule has 166 valence electrons. The Balaban J connectivity index is 1.53. The van der Waals surface area contributed by atoms with E-state index >= 15 is 0 Å². The molecule has 0 unspecified atom stereocenters. The molecular weight excluding hydrogens is 427 g/mol. The van der Waals surface area contributed by atoms with Crippen LogP contribution in [0.15, 0.2) is 28.8 Å². The van der Waals surface area contributed by atoms with Gasteiger partial charge in [-0.1, -0.05) is 17.3 Å². The molecule has 0 fully saturated rings. The van der Waals surface area contributed by atoms with Gasteiger partial charge in [0.2, 0.25) is 17.6 Å². The zero-order valence-corrected chi connectivity index (χ0v) is 17.4. The number of rotatable bonds is 5. The smallest absolute Gasteiger partial charge is 0.339 e. The summed E-state index contributed by atoms with van der Waals surface area (Å²) in [5.41, 5.74) is 2.70. The van der Waals surface area contributed by atoms with Crippen LogP contribution >= 0.6 is 0 Å². The Morgan fingerprint density at radius 2 is 1.88 bits per heavy atom. The first-order valence-electron chi connectivity index (χ1n) is 9.63. The fraction of sp³-hybridized carbons (Fsp3) is 0.300. The summed E-state index contributed by atoms with van der Waals surface area (Å²) >= 11 is 0. The second-order valence-electron chi connectivity index (χ2n) is 7.14. The third-order valence-electron chi connectivity index (χ3n) is 4.87. The van der Waals surface area contributed by atoms with Gasteiger partial charge in [0.15, 0.2) is 0 Å². The molecule has 9 nitrogen and oxygen atoms in total. The first kappa shape index (κ1) is 21.4. The zero-order chi connectivity index (χ0) is 23.0. The number of nitrogens with one attached hydrogen (secondary N) is 1. The van der Waals surface area contributed by atoms with E-state index in [1.165, 1.54) is 0 Å². The number of anilines is 1. The summed E-state index contributed by atoms with van der Waals surface area (Å²) in [5.74, 6) is -0.921. The minimum Gasteiger partial charge on any atom is -0.339 e. The fourth-order valence-corrected chi connectivity index (χ4v) is 3.34. The molecule has 4 rings (SSSR count). The molecule has 0 bridgehead atoms. The molecule has 1 aromatic carbocycles. The lowest BCUT2D eigenvalue weighted by molar-refractivity contribution is -0.144. The number of hydrogen-bond donors (Lipinski definition) is 1. The standard InChI is InChI=1S/C20H18F3N7O2/c1-10-13(11(2)30-19(24-10)27-18(28-30)20(21,22)23)8-9-16(31)26-15-7-5-4-6-14(15)17-25-12(3)32-29-17/h4-7H,8-9H2,1-3H3,(H,26,31). The number of carbonyl (C=O) groups is 1. The van der Waals surface area contributed by atoms with Crippen molar-refractivity contribution < 1.29 is 22.5 Å². The van der Waals surface area contributed by atoms with E-state index in [0.717, 1.165) is 4.52 Å². The molecule has 3 aromatic heterocycles. The molecule has 0 aliphatic carbocycles. The summed E-state index contributed by atoms with van der Waals surface area (Å²) in [6, 6.07) is 7.03. The van der Waals surface area contributed by atoms with Crippen LogP contribution < -0.4 is 5.32 Å². The lowest BCUT2D eigenvalue weighted by Crippen LogP contribution is -2.15. The molecule has 0 radical (unpaired) electrons. The number of alkyl halides is 3. The minimum absolute atomic E-state index is 0.0787. The van der Waals surface area contributed by atoms with Crippen molar-refractivity contribution in [2.45, 2.75) is 39.8 Å². The summed E-state index contributed by atoms with van der Waals surface area (Å²) in [6.07, 6.45) is -4.33. The number of aryl methyl sites for hydroxylation is 3. The van der Waals surface area contributed by atoms with Crippen molar-refractivity contribution in [1.82, 2.24) is 29.7 Å². The number of halogens is 3. The van der Waals surface area contributed by atoms with Crippen LogP contribution in [0.4, 0.5) is 18.9 Å². The van der Waals surface area contributed by atoms with Crippen molar-refractivity contribution in [3.8, 4) is 11.4 Å². The van der Waals surface area contributed by atoms with Gasteiger partial charge in [0.1, 0.15) is 0 Å². The highest BCUT2D eigenvalue weighted by Crippen LogP contribution is 2.28. The average Bonchev–Trinajstić information content (AvgIpc) is 3.34. The number of hydrogen-bond acceptors (Lipinski definition) is 7. The van der Waals surface area contributed by atoms with Gasteiger partial charge in [-0.2, -0.15) is 23.1 Å². The highest BCUT2D eigenvalue weighted by Gasteiger charge is 2.37. The summed E-state index contributed by atoms with van der Waals surface area (Å²) in [4.78, 5) is 24.4. The first-order chi connectivity index (χ1) is 15.1. The van der Waals surface area contributed by atoms with Crippen molar-refractivity contribution in [1.29, 1.82) is 0 Å². The predicted molar refractivity (Wildman–Crippen MR) is 107 cm³/mol. The Morgan fingerprint density at radius 1 is 1.12 bits per heavy atom. The minimum atomic E-state index is -4.67. The van der Waals surface area contributed by atoms with E-state index < -0.39 is 12.0 Å². The van der Waals surface area contributed by atoms with Gasteiger partial charge < -0.3 is 9.84 Å². The number of amides is 1. The third kappa shape index (κ3) is 4.15. The van der Waals surface area contributed by atoms with Crippen molar-refractivity contribution in [2.24, 2.45) is 0 Å². The van der Waals surface area contributed by atoms with Gasteiger partial charge in [-0.15, -0.1) is 5.10 Å². The number of carbonyl (C=O) groups excluding carboxylic acids is 1. The third-order valence-corrected chi connectivity index (χ3v) is 4.87. The van der Waals surface area contributed by atoms with Gasteiger partial charge in [-0.25, -0.2) is 9.50 Å². The molecule has 0 saturated heterocycles. The van der Waals surface area contributed by atoms with Crippen molar-refractivity contribution in [3.63, 3.8) is 0 Å². The fourth-order valence-electron chi connectivity index (χ4n) is 3.34. The molecular formula is C20H18F3N7O2. The van der Waals surface area contributed by atoms with Gasteiger partial charge >= 0.3 is 6.18 Å². The molecule has 32 heavy (non-hydrogen) atoms. The lowest BCUT2D eigenvalue weighted by Gasteiger charge is -2.11. The van der Waals surface area contributed by atoms with Crippen molar-refractivity contribution >= 4 is 17.4 Å². The first-order valence-corrected chi connectivity index (χ1v) is 9.63. The molecule has 0 aliphatic heterocycles. The topological polar surface area (TPSA) is 111 Å². The number of para-hydroxylation sites is 1. The Bertz CT molecular complexity index is 1310. The number of benzene rings is 1.